The molecule has 0 saturated carbocycles. The summed E-state index contributed by atoms with van der Waals surface area (Å²) in [5.41, 5.74) is -0.237. The van der Waals surface area contributed by atoms with E-state index in [1.165, 1.54) is 0 Å². The Kier molecular flexibility index (Phi) is 3.68. The van der Waals surface area contributed by atoms with Crippen LogP contribution in [-0.2, 0) is 0 Å². The van der Waals surface area contributed by atoms with E-state index in [1.807, 2.05) is 22.6 Å². The molecule has 0 aromatic heterocycles. The molecule has 0 aromatic rings. The predicted octanol–water partition coefficient (Wildman–Crippen LogP) is 1.07. The lowest BCUT2D eigenvalue weighted by atomic mass is 10.0. The van der Waals surface area contributed by atoms with Gasteiger partial charge >= 0.3 is 0 Å². The molecule has 0 bridgehead atoms. The fourth-order valence-corrected chi connectivity index (χ4v) is 1.32. The van der Waals surface area contributed by atoms with Crippen LogP contribution in [0.15, 0.2) is 9.66 Å². The molecule has 2 N–H and O–H groups in total. The smallest absolute Gasteiger partial charge is 0.0830 e. The summed E-state index contributed by atoms with van der Waals surface area (Å²) in [6, 6.07) is 0. The number of aliphatic hydroxyl groups excluding tert-OH is 1. The molecule has 3 heteroatoms. The second-order valence-corrected chi connectivity index (χ2v) is 2.97. The zero-order valence-electron chi connectivity index (χ0n) is 5.56. The van der Waals surface area contributed by atoms with Gasteiger partial charge in [-0.2, -0.15) is 0 Å². The van der Waals surface area contributed by atoms with Gasteiger partial charge in [0.1, 0.15) is 0 Å². The summed E-state index contributed by atoms with van der Waals surface area (Å²) >= 11 is 1.99. The molecule has 0 atom stereocenters. The quantitative estimate of drug-likeness (QED) is 0.711. The minimum Gasteiger partial charge on any atom is -0.392 e. The van der Waals surface area contributed by atoms with Gasteiger partial charge in [-0.1, -0.05) is 22.6 Å². The molecule has 0 rings (SSSR count). The highest BCUT2D eigenvalue weighted by molar-refractivity contribution is 14.1. The summed E-state index contributed by atoms with van der Waals surface area (Å²) < 4.78 is 1.69. The maximum absolute atomic E-state index is 9.24. The molecule has 0 aliphatic heterocycles. The van der Waals surface area contributed by atoms with E-state index in [1.54, 1.807) is 17.9 Å². The van der Waals surface area contributed by atoms with Gasteiger partial charge < -0.3 is 10.2 Å². The maximum atomic E-state index is 9.24. The van der Waals surface area contributed by atoms with Crippen LogP contribution in [-0.4, -0.2) is 22.4 Å². The van der Waals surface area contributed by atoms with Crippen molar-refractivity contribution >= 4 is 22.6 Å². The van der Waals surface area contributed by atoms with Gasteiger partial charge in [-0.15, -0.1) is 0 Å². The van der Waals surface area contributed by atoms with Crippen LogP contribution >= 0.6 is 22.6 Å². The number of aliphatic hydroxyl groups is 2. The van der Waals surface area contributed by atoms with E-state index < -0.39 is 5.60 Å². The van der Waals surface area contributed by atoms with Gasteiger partial charge in [0, 0.05) is 0 Å². The molecule has 0 heterocycles. The van der Waals surface area contributed by atoms with E-state index in [0.717, 1.165) is 0 Å². The predicted molar refractivity (Wildman–Crippen MR) is 45.5 cm³/mol. The Morgan fingerprint density at radius 1 is 1.67 bits per heavy atom. The van der Waals surface area contributed by atoms with E-state index in [4.69, 9.17) is 5.11 Å². The van der Waals surface area contributed by atoms with Crippen LogP contribution in [0.4, 0.5) is 0 Å². The molecule has 0 amide bonds. The molecule has 0 spiro atoms. The summed E-state index contributed by atoms with van der Waals surface area (Å²) in [6.45, 7) is 3.22. The van der Waals surface area contributed by atoms with Gasteiger partial charge in [-0.25, -0.2) is 0 Å². The summed E-state index contributed by atoms with van der Waals surface area (Å²) in [5, 5.41) is 17.9. The number of rotatable bonds is 2. The van der Waals surface area contributed by atoms with Gasteiger partial charge in [0.05, 0.1) is 12.2 Å². The van der Waals surface area contributed by atoms with Crippen LogP contribution in [0.25, 0.3) is 0 Å². The lowest BCUT2D eigenvalue weighted by Crippen LogP contribution is -2.23. The fourth-order valence-electron chi connectivity index (χ4n) is 0.361. The van der Waals surface area contributed by atoms with Crippen molar-refractivity contribution in [3.63, 3.8) is 0 Å². The topological polar surface area (TPSA) is 40.5 Å². The molecule has 0 saturated heterocycles. The first-order valence-corrected chi connectivity index (χ1v) is 3.90. The van der Waals surface area contributed by atoms with E-state index in [2.05, 4.69) is 0 Å². The summed E-state index contributed by atoms with van der Waals surface area (Å²) in [6.07, 6.45) is 0. The third kappa shape index (κ3) is 3.17. The molecule has 0 aliphatic carbocycles. The molecule has 2 nitrogen and oxygen atoms in total. The van der Waals surface area contributed by atoms with Crippen molar-refractivity contribution in [2.24, 2.45) is 0 Å². The van der Waals surface area contributed by atoms with E-state index in [-0.39, 0.29) is 6.61 Å². The highest BCUT2D eigenvalue weighted by atomic mass is 127. The van der Waals surface area contributed by atoms with Crippen LogP contribution in [0.3, 0.4) is 0 Å². The third-order valence-corrected chi connectivity index (χ3v) is 1.84. The van der Waals surface area contributed by atoms with Gasteiger partial charge in [0.2, 0.25) is 0 Å². The molecule has 0 radical (unpaired) electrons. The highest BCUT2D eigenvalue weighted by Crippen LogP contribution is 2.15. The first-order chi connectivity index (χ1) is 4.02. The summed E-state index contributed by atoms with van der Waals surface area (Å²) in [4.78, 5) is 0. The van der Waals surface area contributed by atoms with Gasteiger partial charge in [-0.05, 0) is 23.5 Å². The van der Waals surface area contributed by atoms with Crippen molar-refractivity contribution in [3.05, 3.63) is 9.66 Å². The molecule has 0 fully saturated rings. The summed E-state index contributed by atoms with van der Waals surface area (Å²) in [7, 11) is 0. The molecule has 0 unspecified atom stereocenters. The minimum atomic E-state index is -0.879. The first-order valence-electron chi connectivity index (χ1n) is 2.65. The van der Waals surface area contributed by atoms with Crippen molar-refractivity contribution in [1.82, 2.24) is 0 Å². The van der Waals surface area contributed by atoms with Crippen molar-refractivity contribution in [2.75, 3.05) is 6.61 Å². The maximum Gasteiger partial charge on any atom is 0.0830 e. The number of hydrogen-bond donors (Lipinski definition) is 2. The zero-order valence-corrected chi connectivity index (χ0v) is 7.71. The molecule has 54 valence electrons. The minimum absolute atomic E-state index is 0.0769. The van der Waals surface area contributed by atoms with E-state index >= 15 is 0 Å². The Morgan fingerprint density at radius 2 is 2.11 bits per heavy atom. The van der Waals surface area contributed by atoms with Crippen molar-refractivity contribution in [2.45, 2.75) is 19.4 Å². The SMILES string of the molecule is CC(C)(O)/C(=C/I)CO. The Bertz CT molecular complexity index is 113. The standard InChI is InChI=1S/C6H11IO2/c1-6(2,9)5(3-7)4-8/h3,8-9H,4H2,1-2H3/b5-3+. The lowest BCUT2D eigenvalue weighted by molar-refractivity contribution is 0.105. The van der Waals surface area contributed by atoms with Gasteiger partial charge in [0.15, 0.2) is 0 Å². The second-order valence-electron chi connectivity index (χ2n) is 2.35. The molecular weight excluding hydrogens is 231 g/mol. The average molecular weight is 242 g/mol. The zero-order chi connectivity index (χ0) is 7.49. The van der Waals surface area contributed by atoms with E-state index in [0.29, 0.717) is 5.57 Å². The van der Waals surface area contributed by atoms with Crippen molar-refractivity contribution in [3.8, 4) is 0 Å². The highest BCUT2D eigenvalue weighted by Gasteiger charge is 2.16. The van der Waals surface area contributed by atoms with E-state index in [9.17, 15) is 5.11 Å². The second kappa shape index (κ2) is 3.53. The molecular formula is C6H11IO2. The van der Waals surface area contributed by atoms with Crippen molar-refractivity contribution in [1.29, 1.82) is 0 Å². The monoisotopic (exact) mass is 242 g/mol. The van der Waals surface area contributed by atoms with Gasteiger partial charge in [0.25, 0.3) is 0 Å². The lowest BCUT2D eigenvalue weighted by Gasteiger charge is -2.18. The van der Waals surface area contributed by atoms with Crippen LogP contribution in [0.5, 0.6) is 0 Å². The first kappa shape index (κ1) is 9.39. The molecule has 0 aromatic carbocycles. The normalized spacial score (nSPS) is 14.1. The third-order valence-electron chi connectivity index (χ3n) is 1.09. The Labute approximate surface area is 68.7 Å². The van der Waals surface area contributed by atoms with Crippen molar-refractivity contribution < 1.29 is 10.2 Å². The Balaban J connectivity index is 4.14. The van der Waals surface area contributed by atoms with Crippen LogP contribution in [0, 0.1) is 0 Å². The van der Waals surface area contributed by atoms with Gasteiger partial charge in [-0.3, -0.25) is 0 Å². The largest absolute Gasteiger partial charge is 0.392 e. The van der Waals surface area contributed by atoms with Crippen LogP contribution in [0.2, 0.25) is 0 Å². The van der Waals surface area contributed by atoms with Crippen LogP contribution in [0.1, 0.15) is 13.8 Å². The molecule has 0 aliphatic rings. The number of hydrogen-bond acceptors (Lipinski definition) is 2. The Hall–Kier alpha value is 0.390. The fraction of sp³-hybridized carbons (Fsp3) is 0.667. The van der Waals surface area contributed by atoms with Crippen LogP contribution < -0.4 is 0 Å². The molecule has 9 heavy (non-hydrogen) atoms. The summed E-state index contributed by atoms with van der Waals surface area (Å²) in [5.74, 6) is 0. The average Bonchev–Trinajstić information content (AvgIpc) is 1.65. The number of halogens is 1. The Morgan fingerprint density at radius 3 is 2.11 bits per heavy atom.